The number of halogens is 1. The minimum atomic E-state index is 0.0179. The molecule has 6 heteroatoms. The molecule has 3 rings (SSSR count). The summed E-state index contributed by atoms with van der Waals surface area (Å²) in [4.78, 5) is 22.0. The van der Waals surface area contributed by atoms with Gasteiger partial charge in [-0.15, -0.1) is 0 Å². The number of ether oxygens (including phenoxy) is 1. The molecule has 0 spiro atoms. The second kappa shape index (κ2) is 5.45. The zero-order valence-corrected chi connectivity index (χ0v) is 12.2. The first-order chi connectivity index (χ1) is 9.20. The SMILES string of the molecule is O=C(CC1CC1)N1CCC(Oc2ncc(Br)cn2)C1. The van der Waals surface area contributed by atoms with Crippen molar-refractivity contribution in [1.29, 1.82) is 0 Å². The van der Waals surface area contributed by atoms with Crippen LogP contribution < -0.4 is 4.74 Å². The maximum Gasteiger partial charge on any atom is 0.316 e. The molecule has 2 aliphatic rings. The number of carbonyl (C=O) groups is 1. The van der Waals surface area contributed by atoms with Crippen LogP contribution in [0.15, 0.2) is 16.9 Å². The van der Waals surface area contributed by atoms with Crippen LogP contribution in [0.1, 0.15) is 25.7 Å². The lowest BCUT2D eigenvalue weighted by atomic mass is 10.2. The Morgan fingerprint density at radius 1 is 1.37 bits per heavy atom. The summed E-state index contributed by atoms with van der Waals surface area (Å²) < 4.78 is 6.52. The first kappa shape index (κ1) is 12.8. The Kier molecular flexibility index (Phi) is 3.68. The second-order valence-corrected chi connectivity index (χ2v) is 6.12. The summed E-state index contributed by atoms with van der Waals surface area (Å²) in [6.07, 6.45) is 7.33. The van der Waals surface area contributed by atoms with E-state index in [0.717, 1.165) is 17.4 Å². The average Bonchev–Trinajstić information content (AvgIpc) is 3.08. The van der Waals surface area contributed by atoms with Crippen LogP contribution in [0.4, 0.5) is 0 Å². The van der Waals surface area contributed by atoms with Crippen molar-refractivity contribution in [3.63, 3.8) is 0 Å². The predicted octanol–water partition coefficient (Wildman–Crippen LogP) is 2.02. The van der Waals surface area contributed by atoms with Crippen molar-refractivity contribution in [2.24, 2.45) is 5.92 Å². The lowest BCUT2D eigenvalue weighted by Crippen LogP contribution is -2.31. The van der Waals surface area contributed by atoms with E-state index in [1.54, 1.807) is 12.4 Å². The van der Waals surface area contributed by atoms with Crippen LogP contribution in [0.5, 0.6) is 6.01 Å². The maximum absolute atomic E-state index is 12.0. The van der Waals surface area contributed by atoms with Gasteiger partial charge in [0.15, 0.2) is 0 Å². The number of hydrogen-bond acceptors (Lipinski definition) is 4. The molecule has 0 radical (unpaired) electrons. The summed E-state index contributed by atoms with van der Waals surface area (Å²) in [5.74, 6) is 0.910. The van der Waals surface area contributed by atoms with Crippen molar-refractivity contribution < 1.29 is 9.53 Å². The Bertz CT molecular complexity index is 461. The number of likely N-dealkylation sites (tertiary alicyclic amines) is 1. The van der Waals surface area contributed by atoms with E-state index in [2.05, 4.69) is 25.9 Å². The summed E-state index contributed by atoms with van der Waals surface area (Å²) in [5, 5.41) is 0. The van der Waals surface area contributed by atoms with Gasteiger partial charge < -0.3 is 9.64 Å². The molecule has 1 saturated carbocycles. The molecule has 1 unspecified atom stereocenters. The Hall–Kier alpha value is -1.17. The summed E-state index contributed by atoms with van der Waals surface area (Å²) in [7, 11) is 0. The first-order valence-corrected chi connectivity index (χ1v) is 7.42. The average molecular weight is 326 g/mol. The van der Waals surface area contributed by atoms with E-state index in [-0.39, 0.29) is 12.0 Å². The van der Waals surface area contributed by atoms with Crippen molar-refractivity contribution >= 4 is 21.8 Å². The summed E-state index contributed by atoms with van der Waals surface area (Å²) in [6.45, 7) is 1.44. The van der Waals surface area contributed by atoms with Gasteiger partial charge in [-0.25, -0.2) is 9.97 Å². The zero-order chi connectivity index (χ0) is 13.2. The van der Waals surface area contributed by atoms with Crippen LogP contribution in [-0.4, -0.2) is 40.0 Å². The minimum Gasteiger partial charge on any atom is -0.458 e. The van der Waals surface area contributed by atoms with E-state index in [0.29, 0.717) is 24.9 Å². The van der Waals surface area contributed by atoms with Gasteiger partial charge in [0.1, 0.15) is 6.10 Å². The Labute approximate surface area is 120 Å². The van der Waals surface area contributed by atoms with Crippen molar-refractivity contribution in [3.05, 3.63) is 16.9 Å². The number of aromatic nitrogens is 2. The fourth-order valence-electron chi connectivity index (χ4n) is 2.26. The van der Waals surface area contributed by atoms with Gasteiger partial charge in [-0.2, -0.15) is 0 Å². The number of hydrogen-bond donors (Lipinski definition) is 0. The van der Waals surface area contributed by atoms with Gasteiger partial charge in [-0.3, -0.25) is 4.79 Å². The van der Waals surface area contributed by atoms with E-state index in [4.69, 9.17) is 4.74 Å². The molecule has 0 aromatic carbocycles. The molecule has 1 aromatic rings. The number of rotatable bonds is 4. The number of amides is 1. The molecule has 2 fully saturated rings. The third-order valence-corrected chi connectivity index (χ3v) is 3.94. The highest BCUT2D eigenvalue weighted by Gasteiger charge is 2.32. The van der Waals surface area contributed by atoms with Crippen LogP contribution in [0, 0.1) is 5.92 Å². The Balaban J connectivity index is 1.50. The highest BCUT2D eigenvalue weighted by molar-refractivity contribution is 9.10. The molecule has 1 aliphatic heterocycles. The largest absolute Gasteiger partial charge is 0.458 e. The topological polar surface area (TPSA) is 55.3 Å². The molecular formula is C13H16BrN3O2. The van der Waals surface area contributed by atoms with Crippen molar-refractivity contribution in [2.75, 3.05) is 13.1 Å². The third-order valence-electron chi connectivity index (χ3n) is 3.53. The molecular weight excluding hydrogens is 310 g/mol. The number of carbonyl (C=O) groups excluding carboxylic acids is 1. The van der Waals surface area contributed by atoms with Crippen LogP contribution in [-0.2, 0) is 4.79 Å². The van der Waals surface area contributed by atoms with E-state index in [1.807, 2.05) is 4.90 Å². The molecule has 0 bridgehead atoms. The molecule has 1 aromatic heterocycles. The molecule has 1 amide bonds. The molecule has 1 atom stereocenters. The second-order valence-electron chi connectivity index (χ2n) is 5.20. The van der Waals surface area contributed by atoms with Gasteiger partial charge in [-0.1, -0.05) is 0 Å². The van der Waals surface area contributed by atoms with E-state index in [1.165, 1.54) is 12.8 Å². The van der Waals surface area contributed by atoms with Gasteiger partial charge in [0.2, 0.25) is 5.91 Å². The van der Waals surface area contributed by atoms with Gasteiger partial charge in [0.05, 0.1) is 11.0 Å². The van der Waals surface area contributed by atoms with E-state index < -0.39 is 0 Å². The van der Waals surface area contributed by atoms with Crippen molar-refractivity contribution in [3.8, 4) is 6.01 Å². The normalized spacial score (nSPS) is 22.6. The van der Waals surface area contributed by atoms with Gasteiger partial charge in [0.25, 0.3) is 0 Å². The summed E-state index contributed by atoms with van der Waals surface area (Å²) in [5.41, 5.74) is 0. The lowest BCUT2D eigenvalue weighted by Gasteiger charge is -2.16. The molecule has 1 aliphatic carbocycles. The molecule has 102 valence electrons. The van der Waals surface area contributed by atoms with Crippen molar-refractivity contribution in [2.45, 2.75) is 31.8 Å². The molecule has 0 N–H and O–H groups in total. The Morgan fingerprint density at radius 2 is 2.11 bits per heavy atom. The van der Waals surface area contributed by atoms with Gasteiger partial charge in [-0.05, 0) is 34.7 Å². The first-order valence-electron chi connectivity index (χ1n) is 6.62. The maximum atomic E-state index is 12.0. The monoisotopic (exact) mass is 325 g/mol. The Morgan fingerprint density at radius 3 is 2.79 bits per heavy atom. The van der Waals surface area contributed by atoms with Gasteiger partial charge in [0, 0.05) is 31.8 Å². The predicted molar refractivity (Wildman–Crippen MR) is 72.7 cm³/mol. The third kappa shape index (κ3) is 3.43. The zero-order valence-electron chi connectivity index (χ0n) is 10.6. The van der Waals surface area contributed by atoms with Crippen LogP contribution in [0.25, 0.3) is 0 Å². The lowest BCUT2D eigenvalue weighted by molar-refractivity contribution is -0.130. The molecule has 19 heavy (non-hydrogen) atoms. The standard InChI is InChI=1S/C13H16BrN3O2/c14-10-6-15-13(16-7-10)19-11-3-4-17(8-11)12(18)5-9-1-2-9/h6-7,9,11H,1-5,8H2. The molecule has 2 heterocycles. The molecule has 5 nitrogen and oxygen atoms in total. The van der Waals surface area contributed by atoms with Crippen LogP contribution in [0.2, 0.25) is 0 Å². The summed E-state index contributed by atoms with van der Waals surface area (Å²) in [6, 6.07) is 0.379. The fourth-order valence-corrected chi connectivity index (χ4v) is 2.46. The van der Waals surface area contributed by atoms with Crippen molar-refractivity contribution in [1.82, 2.24) is 14.9 Å². The summed E-state index contributed by atoms with van der Waals surface area (Å²) >= 11 is 3.28. The van der Waals surface area contributed by atoms with Gasteiger partial charge >= 0.3 is 6.01 Å². The fraction of sp³-hybridized carbons (Fsp3) is 0.615. The highest BCUT2D eigenvalue weighted by atomic mass is 79.9. The molecule has 1 saturated heterocycles. The highest BCUT2D eigenvalue weighted by Crippen LogP contribution is 2.33. The quantitative estimate of drug-likeness (QED) is 0.849. The van der Waals surface area contributed by atoms with E-state index >= 15 is 0 Å². The minimum absolute atomic E-state index is 0.0179. The smallest absolute Gasteiger partial charge is 0.316 e. The van der Waals surface area contributed by atoms with Crippen LogP contribution >= 0.6 is 15.9 Å². The number of nitrogens with zero attached hydrogens (tertiary/aromatic N) is 3. The van der Waals surface area contributed by atoms with E-state index in [9.17, 15) is 4.79 Å². The van der Waals surface area contributed by atoms with Crippen LogP contribution in [0.3, 0.4) is 0 Å².